The summed E-state index contributed by atoms with van der Waals surface area (Å²) in [6.45, 7) is 3.20. The van der Waals surface area contributed by atoms with Crippen LogP contribution in [0.1, 0.15) is 16.3 Å². The largest absolute Gasteiger partial charge is 0.485 e. The van der Waals surface area contributed by atoms with Crippen LogP contribution in [-0.2, 0) is 13.2 Å². The molecule has 0 aliphatic rings. The van der Waals surface area contributed by atoms with Crippen molar-refractivity contribution in [2.75, 3.05) is 5.32 Å². The van der Waals surface area contributed by atoms with Crippen molar-refractivity contribution in [3.05, 3.63) is 82.4 Å². The number of hydrogen-bond donors (Lipinski definition) is 1. The highest BCUT2D eigenvalue weighted by molar-refractivity contribution is 7.09. The van der Waals surface area contributed by atoms with Gasteiger partial charge in [-0.05, 0) is 31.2 Å². The van der Waals surface area contributed by atoms with Gasteiger partial charge in [0, 0.05) is 10.3 Å². The molecule has 0 amide bonds. The van der Waals surface area contributed by atoms with Gasteiger partial charge in [0.1, 0.15) is 12.4 Å². The van der Waals surface area contributed by atoms with E-state index in [1.54, 1.807) is 11.3 Å². The average molecular weight is 361 g/mol. The Balaban J connectivity index is 1.46. The molecule has 26 heavy (non-hydrogen) atoms. The fraction of sp³-hybridized carbons (Fsp3) is 0.143. The molecule has 2 aromatic heterocycles. The number of ether oxygens (including phenoxy) is 1. The highest BCUT2D eigenvalue weighted by Gasteiger charge is 2.06. The molecule has 0 saturated carbocycles. The second kappa shape index (κ2) is 7.54. The molecule has 130 valence electrons. The van der Waals surface area contributed by atoms with Crippen LogP contribution >= 0.6 is 11.3 Å². The fourth-order valence-corrected chi connectivity index (χ4v) is 3.47. The van der Waals surface area contributed by atoms with Crippen LogP contribution < -0.4 is 10.1 Å². The van der Waals surface area contributed by atoms with Crippen molar-refractivity contribution < 1.29 is 4.74 Å². The lowest BCUT2D eigenvalue weighted by Crippen LogP contribution is -2.04. The van der Waals surface area contributed by atoms with Crippen LogP contribution in [0.25, 0.3) is 10.9 Å². The van der Waals surface area contributed by atoms with Crippen molar-refractivity contribution in [3.63, 3.8) is 0 Å². The average Bonchev–Trinajstić information content (AvgIpc) is 3.10. The summed E-state index contributed by atoms with van der Waals surface area (Å²) in [5.41, 5.74) is 5.82. The normalized spacial score (nSPS) is 10.8. The summed E-state index contributed by atoms with van der Waals surface area (Å²) in [4.78, 5) is 10.2. The first-order valence-corrected chi connectivity index (χ1v) is 9.37. The molecule has 4 rings (SSSR count). The van der Waals surface area contributed by atoms with E-state index >= 15 is 0 Å². The molecule has 0 unspecified atom stereocenters. The number of nitrogens with zero attached hydrogens (tertiary/aromatic N) is 2. The third-order valence-corrected chi connectivity index (χ3v) is 5.14. The Labute approximate surface area is 156 Å². The molecule has 5 heteroatoms. The smallest absolute Gasteiger partial charge is 0.142 e. The number of benzene rings is 2. The fourth-order valence-electron chi connectivity index (χ4n) is 2.75. The van der Waals surface area contributed by atoms with E-state index < -0.39 is 0 Å². The van der Waals surface area contributed by atoms with E-state index in [9.17, 15) is 0 Å². The van der Waals surface area contributed by atoms with Gasteiger partial charge in [0.05, 0.1) is 34.6 Å². The molecule has 2 aromatic carbocycles. The van der Waals surface area contributed by atoms with Gasteiger partial charge in [-0.2, -0.15) is 0 Å². The topological polar surface area (TPSA) is 47.0 Å². The second-order valence-electron chi connectivity index (χ2n) is 5.99. The predicted molar refractivity (Wildman–Crippen MR) is 107 cm³/mol. The van der Waals surface area contributed by atoms with E-state index in [0.717, 1.165) is 40.3 Å². The van der Waals surface area contributed by atoms with E-state index in [1.165, 1.54) is 4.88 Å². The molecular weight excluding hydrogens is 342 g/mol. The number of rotatable bonds is 6. The summed E-state index contributed by atoms with van der Waals surface area (Å²) < 4.78 is 6.04. The standard InChI is InChI=1S/C21H19N3OS/c1-15-21(26-14-23-15)12-22-19-8-4-5-9-20(19)25-13-17-11-10-16-6-2-3-7-18(16)24-17/h2-11,14,22H,12-13H2,1H3. The Kier molecular flexibility index (Phi) is 4.80. The van der Waals surface area contributed by atoms with Crippen LogP contribution in [-0.4, -0.2) is 9.97 Å². The Morgan fingerprint density at radius 2 is 1.85 bits per heavy atom. The number of aryl methyl sites for hydroxylation is 1. The summed E-state index contributed by atoms with van der Waals surface area (Å²) in [7, 11) is 0. The van der Waals surface area contributed by atoms with Crippen LogP contribution in [0.15, 0.2) is 66.2 Å². The van der Waals surface area contributed by atoms with Gasteiger partial charge in [-0.3, -0.25) is 0 Å². The first-order chi connectivity index (χ1) is 12.8. The van der Waals surface area contributed by atoms with Gasteiger partial charge in [0.2, 0.25) is 0 Å². The maximum Gasteiger partial charge on any atom is 0.142 e. The maximum absolute atomic E-state index is 6.04. The highest BCUT2D eigenvalue weighted by Crippen LogP contribution is 2.26. The zero-order valence-electron chi connectivity index (χ0n) is 14.5. The minimum Gasteiger partial charge on any atom is -0.485 e. The van der Waals surface area contributed by atoms with E-state index in [1.807, 2.05) is 61.0 Å². The first-order valence-electron chi connectivity index (χ1n) is 8.49. The van der Waals surface area contributed by atoms with Crippen molar-refractivity contribution >= 4 is 27.9 Å². The molecule has 0 aliphatic heterocycles. The number of nitrogens with one attached hydrogen (secondary N) is 1. The minimum absolute atomic E-state index is 0.434. The molecule has 2 heterocycles. The van der Waals surface area contributed by atoms with Crippen LogP contribution in [0.2, 0.25) is 0 Å². The molecule has 0 fully saturated rings. The molecule has 0 atom stereocenters. The number of para-hydroxylation sites is 3. The van der Waals surface area contributed by atoms with Gasteiger partial charge in [-0.1, -0.05) is 36.4 Å². The molecule has 0 saturated heterocycles. The Bertz CT molecular complexity index is 1030. The zero-order chi connectivity index (χ0) is 17.8. The van der Waals surface area contributed by atoms with Crippen LogP contribution in [0, 0.1) is 6.92 Å². The zero-order valence-corrected chi connectivity index (χ0v) is 15.3. The van der Waals surface area contributed by atoms with E-state index in [-0.39, 0.29) is 0 Å². The van der Waals surface area contributed by atoms with Crippen molar-refractivity contribution in [1.82, 2.24) is 9.97 Å². The summed E-state index contributed by atoms with van der Waals surface area (Å²) in [6, 6.07) is 20.2. The SMILES string of the molecule is Cc1ncsc1CNc1ccccc1OCc1ccc2ccccc2n1. The highest BCUT2D eigenvalue weighted by atomic mass is 32.1. The van der Waals surface area contributed by atoms with Gasteiger partial charge in [-0.15, -0.1) is 11.3 Å². The lowest BCUT2D eigenvalue weighted by Gasteiger charge is -2.13. The maximum atomic E-state index is 6.04. The number of aromatic nitrogens is 2. The second-order valence-corrected chi connectivity index (χ2v) is 6.93. The van der Waals surface area contributed by atoms with Crippen LogP contribution in [0.3, 0.4) is 0 Å². The monoisotopic (exact) mass is 361 g/mol. The lowest BCUT2D eigenvalue weighted by atomic mass is 10.2. The van der Waals surface area contributed by atoms with Crippen molar-refractivity contribution in [2.45, 2.75) is 20.1 Å². The molecule has 1 N–H and O–H groups in total. The van der Waals surface area contributed by atoms with Gasteiger partial charge >= 0.3 is 0 Å². The minimum atomic E-state index is 0.434. The molecule has 0 aliphatic carbocycles. The van der Waals surface area contributed by atoms with Crippen molar-refractivity contribution in [1.29, 1.82) is 0 Å². The molecule has 4 aromatic rings. The Morgan fingerprint density at radius 3 is 2.73 bits per heavy atom. The van der Waals surface area contributed by atoms with Gasteiger partial charge < -0.3 is 10.1 Å². The number of pyridine rings is 1. The van der Waals surface area contributed by atoms with Gasteiger partial charge in [0.15, 0.2) is 0 Å². The predicted octanol–water partition coefficient (Wildman–Crippen LogP) is 5.19. The summed E-state index contributed by atoms with van der Waals surface area (Å²) in [5.74, 6) is 0.824. The summed E-state index contributed by atoms with van der Waals surface area (Å²) >= 11 is 1.66. The van der Waals surface area contributed by atoms with Crippen molar-refractivity contribution in [2.24, 2.45) is 0 Å². The quantitative estimate of drug-likeness (QED) is 0.513. The van der Waals surface area contributed by atoms with Crippen molar-refractivity contribution in [3.8, 4) is 5.75 Å². The Hall–Kier alpha value is -2.92. The number of hydrogen-bond acceptors (Lipinski definition) is 5. The van der Waals surface area contributed by atoms with E-state index in [0.29, 0.717) is 6.61 Å². The Morgan fingerprint density at radius 1 is 1.00 bits per heavy atom. The molecule has 0 bridgehead atoms. The number of anilines is 1. The summed E-state index contributed by atoms with van der Waals surface area (Å²) in [6.07, 6.45) is 0. The molecular formula is C21H19N3OS. The number of thiazole rings is 1. The van der Waals surface area contributed by atoms with Crippen LogP contribution in [0.4, 0.5) is 5.69 Å². The van der Waals surface area contributed by atoms with Gasteiger partial charge in [0.25, 0.3) is 0 Å². The van der Waals surface area contributed by atoms with Gasteiger partial charge in [-0.25, -0.2) is 9.97 Å². The third kappa shape index (κ3) is 3.68. The summed E-state index contributed by atoms with van der Waals surface area (Å²) in [5, 5.41) is 4.58. The molecule has 0 spiro atoms. The molecule has 0 radical (unpaired) electrons. The number of fused-ring (bicyclic) bond motifs is 1. The van der Waals surface area contributed by atoms with E-state index in [2.05, 4.69) is 27.4 Å². The van der Waals surface area contributed by atoms with Crippen LogP contribution in [0.5, 0.6) is 5.75 Å². The lowest BCUT2D eigenvalue weighted by molar-refractivity contribution is 0.303. The first kappa shape index (κ1) is 16.5. The third-order valence-electron chi connectivity index (χ3n) is 4.20. The molecule has 4 nitrogen and oxygen atoms in total. The van der Waals surface area contributed by atoms with E-state index in [4.69, 9.17) is 4.74 Å².